The van der Waals surface area contributed by atoms with E-state index < -0.39 is 6.10 Å². The third kappa shape index (κ3) is 3.54. The lowest BCUT2D eigenvalue weighted by Crippen LogP contribution is -2.46. The fraction of sp³-hybridized carbons (Fsp3) is 0.611. The van der Waals surface area contributed by atoms with Gasteiger partial charge in [0.15, 0.2) is 0 Å². The summed E-state index contributed by atoms with van der Waals surface area (Å²) in [6.07, 6.45) is 3.67. The van der Waals surface area contributed by atoms with Crippen molar-refractivity contribution >= 4 is 17.5 Å². The Morgan fingerprint density at radius 3 is 2.35 bits per heavy atom. The van der Waals surface area contributed by atoms with Gasteiger partial charge in [-0.15, -0.1) is 0 Å². The molecule has 2 aliphatic heterocycles. The number of halogens is 1. The van der Waals surface area contributed by atoms with Crippen molar-refractivity contribution in [3.8, 4) is 0 Å². The minimum absolute atomic E-state index is 0.0637. The van der Waals surface area contributed by atoms with E-state index >= 15 is 0 Å². The minimum Gasteiger partial charge on any atom is -0.384 e. The molecule has 2 bridgehead atoms. The molecule has 2 fully saturated rings. The monoisotopic (exact) mass is 336 g/mol. The first-order valence-corrected chi connectivity index (χ1v) is 8.79. The predicted octanol–water partition coefficient (Wildman–Crippen LogP) is 2.75. The highest BCUT2D eigenvalue weighted by molar-refractivity contribution is 6.30. The molecule has 4 nitrogen and oxygen atoms in total. The molecule has 0 saturated carbocycles. The number of piperidine rings is 1. The second kappa shape index (κ2) is 6.80. The lowest BCUT2D eigenvalue weighted by atomic mass is 9.82. The molecule has 2 N–H and O–H groups in total. The molecule has 1 aromatic carbocycles. The van der Waals surface area contributed by atoms with E-state index in [1.165, 1.54) is 19.8 Å². The average molecular weight is 337 g/mol. The van der Waals surface area contributed by atoms with Crippen molar-refractivity contribution in [1.29, 1.82) is 0 Å². The first-order valence-electron chi connectivity index (χ1n) is 8.41. The van der Waals surface area contributed by atoms with Crippen LogP contribution in [-0.2, 0) is 4.79 Å². The van der Waals surface area contributed by atoms with E-state index in [1.54, 1.807) is 0 Å². The summed E-state index contributed by atoms with van der Waals surface area (Å²) in [5.41, 5.74) is 1.07. The number of aliphatic hydroxyl groups is 1. The van der Waals surface area contributed by atoms with Crippen LogP contribution >= 0.6 is 11.6 Å². The predicted molar refractivity (Wildman–Crippen MR) is 91.3 cm³/mol. The Hall–Kier alpha value is -1.10. The molecular weight excluding hydrogens is 312 g/mol. The van der Waals surface area contributed by atoms with Crippen LogP contribution in [0.25, 0.3) is 0 Å². The number of carbonyl (C=O) groups excluding carboxylic acids is 1. The molecule has 5 atom stereocenters. The average Bonchev–Trinajstić information content (AvgIpc) is 2.75. The first kappa shape index (κ1) is 16.7. The Kier molecular flexibility index (Phi) is 4.95. The second-order valence-electron chi connectivity index (χ2n) is 7.00. The third-order valence-electron chi connectivity index (χ3n) is 5.51. The van der Waals surface area contributed by atoms with E-state index in [2.05, 4.69) is 17.3 Å². The third-order valence-corrected chi connectivity index (χ3v) is 5.76. The Morgan fingerprint density at radius 2 is 1.83 bits per heavy atom. The highest BCUT2D eigenvalue weighted by Crippen LogP contribution is 2.42. The van der Waals surface area contributed by atoms with Gasteiger partial charge in [0.25, 0.3) is 0 Å². The number of nitrogens with zero attached hydrogens (tertiary/aromatic N) is 1. The van der Waals surface area contributed by atoms with Crippen LogP contribution in [0.1, 0.15) is 44.2 Å². The van der Waals surface area contributed by atoms with Gasteiger partial charge >= 0.3 is 0 Å². The number of hydrogen-bond acceptors (Lipinski definition) is 3. The van der Waals surface area contributed by atoms with E-state index in [0.29, 0.717) is 23.0 Å². The summed E-state index contributed by atoms with van der Waals surface area (Å²) in [5, 5.41) is 13.3. The van der Waals surface area contributed by atoms with Gasteiger partial charge < -0.3 is 15.3 Å². The molecule has 0 radical (unpaired) electrons. The van der Waals surface area contributed by atoms with Crippen LogP contribution in [0.3, 0.4) is 0 Å². The van der Waals surface area contributed by atoms with Crippen LogP contribution in [0.2, 0.25) is 5.02 Å². The van der Waals surface area contributed by atoms with Gasteiger partial charge in [-0.25, -0.2) is 0 Å². The van der Waals surface area contributed by atoms with Gasteiger partial charge in [0.2, 0.25) is 5.91 Å². The van der Waals surface area contributed by atoms with Crippen LogP contribution in [0.5, 0.6) is 0 Å². The number of aliphatic hydroxyl groups excluding tert-OH is 1. The zero-order valence-electron chi connectivity index (χ0n) is 13.7. The van der Waals surface area contributed by atoms with Crippen molar-refractivity contribution in [1.82, 2.24) is 10.2 Å². The lowest BCUT2D eigenvalue weighted by Gasteiger charge is -2.40. The summed E-state index contributed by atoms with van der Waals surface area (Å²) in [7, 11) is 2.21. The number of benzene rings is 1. The molecule has 3 rings (SSSR count). The van der Waals surface area contributed by atoms with Gasteiger partial charge in [-0.05, 0) is 63.3 Å². The molecule has 2 heterocycles. The second-order valence-corrected chi connectivity index (χ2v) is 7.43. The fourth-order valence-electron chi connectivity index (χ4n) is 4.14. The van der Waals surface area contributed by atoms with Gasteiger partial charge in [0, 0.05) is 17.1 Å². The SMILES string of the molecule is C[C@@H](O)C(=O)N[C@@H](c1ccc(Cl)cc1)C1C[C@H]2CC[C@@H](C1)N2C. The van der Waals surface area contributed by atoms with Crippen molar-refractivity contribution in [3.63, 3.8) is 0 Å². The summed E-state index contributed by atoms with van der Waals surface area (Å²) in [6, 6.07) is 8.84. The molecule has 126 valence electrons. The maximum atomic E-state index is 12.1. The molecule has 0 aliphatic carbocycles. The number of fused-ring (bicyclic) bond motifs is 2. The standard InChI is InChI=1S/C18H25ClN2O2/c1-11(22)18(23)20-17(12-3-5-14(19)6-4-12)13-9-15-7-8-16(10-13)21(15)2/h3-6,11,13,15-17,22H,7-10H2,1-2H3,(H,20,23)/t11-,13?,15-,16+,17+/m1/s1. The van der Waals surface area contributed by atoms with Crippen molar-refractivity contribution in [2.24, 2.45) is 5.92 Å². The lowest BCUT2D eigenvalue weighted by molar-refractivity contribution is -0.129. The van der Waals surface area contributed by atoms with E-state index in [1.807, 2.05) is 24.3 Å². The Morgan fingerprint density at radius 1 is 1.26 bits per heavy atom. The summed E-state index contributed by atoms with van der Waals surface area (Å²) >= 11 is 6.00. The molecular formula is C18H25ClN2O2. The van der Waals surface area contributed by atoms with Crippen LogP contribution < -0.4 is 5.32 Å². The molecule has 1 amide bonds. The highest BCUT2D eigenvalue weighted by atomic mass is 35.5. The summed E-state index contributed by atoms with van der Waals surface area (Å²) in [5.74, 6) is 0.0869. The van der Waals surface area contributed by atoms with E-state index in [-0.39, 0.29) is 11.9 Å². The first-order chi connectivity index (χ1) is 11.0. The summed E-state index contributed by atoms with van der Waals surface area (Å²) < 4.78 is 0. The zero-order chi connectivity index (χ0) is 16.6. The molecule has 2 saturated heterocycles. The maximum absolute atomic E-state index is 12.1. The zero-order valence-corrected chi connectivity index (χ0v) is 14.5. The largest absolute Gasteiger partial charge is 0.384 e. The van der Waals surface area contributed by atoms with Gasteiger partial charge in [0.05, 0.1) is 6.04 Å². The fourth-order valence-corrected chi connectivity index (χ4v) is 4.27. The van der Waals surface area contributed by atoms with E-state index in [9.17, 15) is 9.90 Å². The van der Waals surface area contributed by atoms with Crippen molar-refractivity contribution in [2.75, 3.05) is 7.05 Å². The molecule has 2 aliphatic rings. The summed E-state index contributed by atoms with van der Waals surface area (Å²) in [4.78, 5) is 14.6. The van der Waals surface area contributed by atoms with Crippen LogP contribution in [0.15, 0.2) is 24.3 Å². The minimum atomic E-state index is -0.993. The van der Waals surface area contributed by atoms with Gasteiger partial charge in [-0.2, -0.15) is 0 Å². The van der Waals surface area contributed by atoms with E-state index in [4.69, 9.17) is 11.6 Å². The molecule has 0 aromatic heterocycles. The Bertz CT molecular complexity index is 547. The Labute approximate surface area is 142 Å². The smallest absolute Gasteiger partial charge is 0.249 e. The molecule has 5 heteroatoms. The van der Waals surface area contributed by atoms with Crippen molar-refractivity contribution in [2.45, 2.75) is 56.8 Å². The van der Waals surface area contributed by atoms with Gasteiger partial charge in [-0.1, -0.05) is 23.7 Å². The molecule has 0 spiro atoms. The van der Waals surface area contributed by atoms with Crippen molar-refractivity contribution < 1.29 is 9.90 Å². The number of hydrogen-bond donors (Lipinski definition) is 2. The maximum Gasteiger partial charge on any atom is 0.249 e. The summed E-state index contributed by atoms with van der Waals surface area (Å²) in [6.45, 7) is 1.51. The molecule has 1 aromatic rings. The number of rotatable bonds is 4. The normalized spacial score (nSPS) is 30.0. The number of nitrogens with one attached hydrogen (secondary N) is 1. The quantitative estimate of drug-likeness (QED) is 0.889. The van der Waals surface area contributed by atoms with Gasteiger partial charge in [-0.3, -0.25) is 4.79 Å². The van der Waals surface area contributed by atoms with Crippen LogP contribution in [0, 0.1) is 5.92 Å². The number of amides is 1. The topological polar surface area (TPSA) is 52.6 Å². The Balaban J connectivity index is 1.83. The van der Waals surface area contributed by atoms with Crippen molar-refractivity contribution in [3.05, 3.63) is 34.9 Å². The highest BCUT2D eigenvalue weighted by Gasteiger charge is 2.41. The van der Waals surface area contributed by atoms with Crippen LogP contribution in [-0.4, -0.2) is 41.1 Å². The van der Waals surface area contributed by atoms with Crippen LogP contribution in [0.4, 0.5) is 0 Å². The van der Waals surface area contributed by atoms with Gasteiger partial charge in [0.1, 0.15) is 6.10 Å². The molecule has 1 unspecified atom stereocenters. The molecule has 23 heavy (non-hydrogen) atoms. The number of carbonyl (C=O) groups is 1. The van der Waals surface area contributed by atoms with E-state index in [0.717, 1.165) is 18.4 Å².